The molecule has 2 rings (SSSR count). The van der Waals surface area contributed by atoms with Gasteiger partial charge in [-0.2, -0.15) is 0 Å². The molecule has 2 aromatic carbocycles. The zero-order valence-electron chi connectivity index (χ0n) is 12.9. The van der Waals surface area contributed by atoms with E-state index in [0.29, 0.717) is 0 Å². The van der Waals surface area contributed by atoms with Crippen LogP contribution in [0.4, 0.5) is 0 Å². The van der Waals surface area contributed by atoms with Crippen molar-refractivity contribution in [2.24, 2.45) is 0 Å². The van der Waals surface area contributed by atoms with Gasteiger partial charge in [-0.25, -0.2) is 0 Å². The lowest BCUT2D eigenvalue weighted by Crippen LogP contribution is -1.92. The van der Waals surface area contributed by atoms with Crippen molar-refractivity contribution in [1.29, 1.82) is 0 Å². The van der Waals surface area contributed by atoms with Gasteiger partial charge in [-0.1, -0.05) is 66.9 Å². The predicted molar refractivity (Wildman–Crippen MR) is 88.2 cm³/mol. The number of unbranched alkanes of at least 4 members (excludes halogenated alkanes) is 3. The van der Waals surface area contributed by atoms with Gasteiger partial charge in [-0.15, -0.1) is 0 Å². The second-order valence-corrected chi connectivity index (χ2v) is 5.83. The third-order valence-electron chi connectivity index (χ3n) is 4.01. The summed E-state index contributed by atoms with van der Waals surface area (Å²) in [6.45, 7) is 4.41. The smallest absolute Gasteiger partial charge is 0.0276 e. The van der Waals surface area contributed by atoms with E-state index in [0.717, 1.165) is 0 Å². The van der Waals surface area contributed by atoms with Crippen LogP contribution in [0.25, 0.3) is 0 Å². The molecule has 0 aliphatic carbocycles. The molecule has 0 aliphatic heterocycles. The Labute approximate surface area is 123 Å². The van der Waals surface area contributed by atoms with Gasteiger partial charge in [0.15, 0.2) is 0 Å². The molecule has 0 aliphatic rings. The lowest BCUT2D eigenvalue weighted by molar-refractivity contribution is 0.639. The summed E-state index contributed by atoms with van der Waals surface area (Å²) in [7, 11) is 0. The second kappa shape index (κ2) is 7.89. The summed E-state index contributed by atoms with van der Waals surface area (Å²) in [5.41, 5.74) is 5.84. The molecule has 0 atom stereocenters. The summed E-state index contributed by atoms with van der Waals surface area (Å²) >= 11 is 0. The van der Waals surface area contributed by atoms with Crippen LogP contribution in [-0.4, -0.2) is 0 Å². The molecule has 106 valence electrons. The fourth-order valence-electron chi connectivity index (χ4n) is 2.71. The summed E-state index contributed by atoms with van der Waals surface area (Å²) in [5, 5.41) is 0. The Morgan fingerprint density at radius 1 is 0.700 bits per heavy atom. The first kappa shape index (κ1) is 14.8. The average molecular weight is 266 g/mol. The first-order valence-corrected chi connectivity index (χ1v) is 7.86. The van der Waals surface area contributed by atoms with Crippen molar-refractivity contribution in [3.8, 4) is 0 Å². The SMILES string of the molecule is Cc1ccc(C)c(CCCCCCc2ccccc2)c1. The quantitative estimate of drug-likeness (QED) is 0.568. The summed E-state index contributed by atoms with van der Waals surface area (Å²) in [4.78, 5) is 0. The number of hydrogen-bond acceptors (Lipinski definition) is 0. The topological polar surface area (TPSA) is 0 Å². The van der Waals surface area contributed by atoms with E-state index in [1.807, 2.05) is 0 Å². The van der Waals surface area contributed by atoms with Crippen LogP contribution in [0.3, 0.4) is 0 Å². The van der Waals surface area contributed by atoms with Gasteiger partial charge in [0, 0.05) is 0 Å². The summed E-state index contributed by atoms with van der Waals surface area (Å²) in [5.74, 6) is 0. The normalized spacial score (nSPS) is 10.7. The molecule has 0 heterocycles. The van der Waals surface area contributed by atoms with E-state index in [2.05, 4.69) is 62.4 Å². The Morgan fingerprint density at radius 2 is 1.40 bits per heavy atom. The molecule has 0 fully saturated rings. The highest BCUT2D eigenvalue weighted by molar-refractivity contribution is 5.30. The predicted octanol–water partition coefficient (Wildman–Crippen LogP) is 5.65. The summed E-state index contributed by atoms with van der Waals surface area (Å²) in [6.07, 6.45) is 7.79. The maximum absolute atomic E-state index is 2.35. The van der Waals surface area contributed by atoms with Crippen LogP contribution in [0.2, 0.25) is 0 Å². The molecule has 0 N–H and O–H groups in total. The Balaban J connectivity index is 1.63. The van der Waals surface area contributed by atoms with Gasteiger partial charge in [0.2, 0.25) is 0 Å². The van der Waals surface area contributed by atoms with Crippen LogP contribution in [0, 0.1) is 13.8 Å². The number of rotatable bonds is 7. The zero-order chi connectivity index (χ0) is 14.2. The minimum atomic E-state index is 1.23. The fourth-order valence-corrected chi connectivity index (χ4v) is 2.71. The summed E-state index contributed by atoms with van der Waals surface area (Å²) in [6, 6.07) is 17.6. The Bertz CT molecular complexity index is 511. The van der Waals surface area contributed by atoms with Crippen molar-refractivity contribution in [2.45, 2.75) is 52.4 Å². The number of hydrogen-bond donors (Lipinski definition) is 0. The first-order valence-electron chi connectivity index (χ1n) is 7.86. The molecule has 0 aromatic heterocycles. The van der Waals surface area contributed by atoms with Gasteiger partial charge in [0.25, 0.3) is 0 Å². The van der Waals surface area contributed by atoms with E-state index in [9.17, 15) is 0 Å². The Kier molecular flexibility index (Phi) is 5.86. The number of benzene rings is 2. The van der Waals surface area contributed by atoms with E-state index < -0.39 is 0 Å². The van der Waals surface area contributed by atoms with Crippen LogP contribution in [-0.2, 0) is 12.8 Å². The van der Waals surface area contributed by atoms with Crippen molar-refractivity contribution in [3.63, 3.8) is 0 Å². The van der Waals surface area contributed by atoms with Gasteiger partial charge < -0.3 is 0 Å². The monoisotopic (exact) mass is 266 g/mol. The Hall–Kier alpha value is -1.56. The molecular formula is C20H26. The largest absolute Gasteiger partial charge is 0.0622 e. The van der Waals surface area contributed by atoms with Crippen LogP contribution in [0.1, 0.15) is 47.9 Å². The highest BCUT2D eigenvalue weighted by Gasteiger charge is 1.99. The highest BCUT2D eigenvalue weighted by Crippen LogP contribution is 2.15. The lowest BCUT2D eigenvalue weighted by Gasteiger charge is -2.07. The molecule has 2 aromatic rings. The lowest BCUT2D eigenvalue weighted by atomic mass is 9.99. The fraction of sp³-hybridized carbons (Fsp3) is 0.400. The van der Waals surface area contributed by atoms with Crippen molar-refractivity contribution >= 4 is 0 Å². The van der Waals surface area contributed by atoms with Crippen LogP contribution < -0.4 is 0 Å². The molecule has 0 saturated heterocycles. The maximum Gasteiger partial charge on any atom is -0.0276 e. The second-order valence-electron chi connectivity index (χ2n) is 5.83. The van der Waals surface area contributed by atoms with Crippen LogP contribution in [0.5, 0.6) is 0 Å². The molecule has 0 radical (unpaired) electrons. The van der Waals surface area contributed by atoms with Crippen molar-refractivity contribution in [1.82, 2.24) is 0 Å². The third kappa shape index (κ3) is 4.85. The molecule has 0 unspecified atom stereocenters. The highest BCUT2D eigenvalue weighted by atomic mass is 14.0. The minimum Gasteiger partial charge on any atom is -0.0622 e. The molecule has 0 amide bonds. The van der Waals surface area contributed by atoms with Crippen LogP contribution in [0.15, 0.2) is 48.5 Å². The van der Waals surface area contributed by atoms with E-state index in [1.54, 1.807) is 0 Å². The van der Waals surface area contributed by atoms with Crippen LogP contribution >= 0.6 is 0 Å². The molecule has 0 heteroatoms. The van der Waals surface area contributed by atoms with Gasteiger partial charge in [0.1, 0.15) is 0 Å². The van der Waals surface area contributed by atoms with Gasteiger partial charge in [-0.05, 0) is 56.2 Å². The molecule has 0 saturated carbocycles. The standard InChI is InChI=1S/C20H26/c1-17-14-15-18(2)20(16-17)13-9-4-3-6-10-19-11-7-5-8-12-19/h5,7-8,11-12,14-16H,3-4,6,9-10,13H2,1-2H3. The molecular weight excluding hydrogens is 240 g/mol. The first-order chi connectivity index (χ1) is 9.75. The molecule has 0 nitrogen and oxygen atoms in total. The molecule has 20 heavy (non-hydrogen) atoms. The van der Waals surface area contributed by atoms with Crippen molar-refractivity contribution in [3.05, 3.63) is 70.8 Å². The maximum atomic E-state index is 2.35. The van der Waals surface area contributed by atoms with E-state index in [1.165, 1.54) is 60.8 Å². The van der Waals surface area contributed by atoms with E-state index in [-0.39, 0.29) is 0 Å². The average Bonchev–Trinajstić information content (AvgIpc) is 2.47. The van der Waals surface area contributed by atoms with Gasteiger partial charge >= 0.3 is 0 Å². The van der Waals surface area contributed by atoms with Gasteiger partial charge in [0.05, 0.1) is 0 Å². The zero-order valence-corrected chi connectivity index (χ0v) is 12.9. The van der Waals surface area contributed by atoms with E-state index >= 15 is 0 Å². The summed E-state index contributed by atoms with van der Waals surface area (Å²) < 4.78 is 0. The molecule has 0 spiro atoms. The third-order valence-corrected chi connectivity index (χ3v) is 4.01. The van der Waals surface area contributed by atoms with Gasteiger partial charge in [-0.3, -0.25) is 0 Å². The van der Waals surface area contributed by atoms with Crippen molar-refractivity contribution < 1.29 is 0 Å². The minimum absolute atomic E-state index is 1.23. The molecule has 0 bridgehead atoms. The van der Waals surface area contributed by atoms with Crippen molar-refractivity contribution in [2.75, 3.05) is 0 Å². The van der Waals surface area contributed by atoms with E-state index in [4.69, 9.17) is 0 Å². The number of aryl methyl sites for hydroxylation is 4. The Morgan fingerprint density at radius 3 is 2.15 bits per heavy atom.